The third-order valence-electron chi connectivity index (χ3n) is 6.78. The van der Waals surface area contributed by atoms with Gasteiger partial charge in [0.15, 0.2) is 11.5 Å². The quantitative estimate of drug-likeness (QED) is 0.134. The molecule has 1 aromatic rings. The highest BCUT2D eigenvalue weighted by molar-refractivity contribution is 5.76. The zero-order valence-corrected chi connectivity index (χ0v) is 26.5. The van der Waals surface area contributed by atoms with Gasteiger partial charge in [0.2, 0.25) is 0 Å². The second kappa shape index (κ2) is 18.3. The summed E-state index contributed by atoms with van der Waals surface area (Å²) < 4.78 is 32.1. The molecule has 11 heteroatoms. The first-order valence-corrected chi connectivity index (χ1v) is 14.7. The molecule has 0 amide bonds. The molecule has 0 aliphatic carbocycles. The van der Waals surface area contributed by atoms with E-state index in [9.17, 15) is 19.2 Å². The fourth-order valence-corrected chi connectivity index (χ4v) is 3.69. The molecular weight excluding hydrogens is 546 g/mol. The van der Waals surface area contributed by atoms with E-state index in [1.54, 1.807) is 40.7 Å². The Kier molecular flexibility index (Phi) is 15.9. The molecule has 0 spiro atoms. The van der Waals surface area contributed by atoms with E-state index in [-0.39, 0.29) is 47.9 Å². The maximum Gasteiger partial charge on any atom is 0.514 e. The summed E-state index contributed by atoms with van der Waals surface area (Å²) in [4.78, 5) is 49.7. The highest BCUT2D eigenvalue weighted by Gasteiger charge is 2.27. The average Bonchev–Trinajstić information content (AvgIpc) is 2.89. The molecule has 0 saturated heterocycles. The number of rotatable bonds is 16. The van der Waals surface area contributed by atoms with Gasteiger partial charge in [0.05, 0.1) is 5.92 Å². The lowest BCUT2D eigenvalue weighted by Gasteiger charge is -2.24. The van der Waals surface area contributed by atoms with Crippen molar-refractivity contribution in [2.24, 2.45) is 17.6 Å². The fourth-order valence-electron chi connectivity index (χ4n) is 3.69. The number of benzene rings is 1. The largest absolute Gasteiger partial charge is 0.514 e. The van der Waals surface area contributed by atoms with Crippen LogP contribution in [0.25, 0.3) is 0 Å². The molecule has 0 bridgehead atoms. The predicted molar refractivity (Wildman–Crippen MR) is 156 cm³/mol. The zero-order chi connectivity index (χ0) is 32.0. The summed E-state index contributed by atoms with van der Waals surface area (Å²) in [6.45, 7) is 16.3. The summed E-state index contributed by atoms with van der Waals surface area (Å²) in [5.74, 6) is -1.43. The Hall–Kier alpha value is -3.34. The Bertz CT molecular complexity index is 1030. The Morgan fingerprint density at radius 2 is 1.17 bits per heavy atom. The van der Waals surface area contributed by atoms with Crippen LogP contribution in [0.1, 0.15) is 93.6 Å². The summed E-state index contributed by atoms with van der Waals surface area (Å²) in [5, 5.41) is 0. The molecule has 4 unspecified atom stereocenters. The van der Waals surface area contributed by atoms with Gasteiger partial charge in [-0.15, -0.1) is 0 Å². The summed E-state index contributed by atoms with van der Waals surface area (Å²) in [6, 6.07) is 3.33. The SMILES string of the molecule is CCCC(C)OC(=O)Oc1cc(C[C@H](N)C(=O)OC(C)C(C)OC(=O)C(C)C(C)C)ccc1OC(=O)O[C@@H](C)CCC. The number of ether oxygens (including phenoxy) is 6. The van der Waals surface area contributed by atoms with Crippen molar-refractivity contribution in [1.82, 2.24) is 0 Å². The minimum Gasteiger partial charge on any atom is -0.459 e. The third-order valence-corrected chi connectivity index (χ3v) is 6.78. The van der Waals surface area contributed by atoms with Gasteiger partial charge in [0, 0.05) is 0 Å². The molecule has 0 aromatic heterocycles. The first-order valence-electron chi connectivity index (χ1n) is 14.7. The van der Waals surface area contributed by atoms with Crippen LogP contribution in [-0.4, -0.2) is 54.7 Å². The van der Waals surface area contributed by atoms with Gasteiger partial charge in [-0.05, 0) is 70.6 Å². The number of hydrogen-bond acceptors (Lipinski definition) is 11. The van der Waals surface area contributed by atoms with Crippen LogP contribution < -0.4 is 15.2 Å². The van der Waals surface area contributed by atoms with E-state index in [1.165, 1.54) is 12.1 Å². The van der Waals surface area contributed by atoms with Gasteiger partial charge in [-0.25, -0.2) is 9.59 Å². The minimum absolute atomic E-state index is 0.0139. The van der Waals surface area contributed by atoms with E-state index < -0.39 is 36.5 Å². The van der Waals surface area contributed by atoms with Gasteiger partial charge >= 0.3 is 24.2 Å². The lowest BCUT2D eigenvalue weighted by atomic mass is 9.98. The van der Waals surface area contributed by atoms with Gasteiger partial charge in [0.25, 0.3) is 0 Å². The van der Waals surface area contributed by atoms with Crippen molar-refractivity contribution >= 4 is 24.2 Å². The van der Waals surface area contributed by atoms with Crippen molar-refractivity contribution in [3.63, 3.8) is 0 Å². The summed E-state index contributed by atoms with van der Waals surface area (Å²) in [6.07, 6.45) is -1.12. The Balaban J connectivity index is 2.98. The first-order chi connectivity index (χ1) is 19.7. The Labute approximate surface area is 249 Å². The van der Waals surface area contributed by atoms with Gasteiger partial charge in [-0.2, -0.15) is 0 Å². The average molecular weight is 596 g/mol. The molecular formula is C31H49NO10. The maximum absolute atomic E-state index is 12.7. The van der Waals surface area contributed by atoms with Crippen molar-refractivity contribution < 1.29 is 47.6 Å². The number of carbonyl (C=O) groups excluding carboxylic acids is 4. The van der Waals surface area contributed by atoms with Crippen molar-refractivity contribution in [1.29, 1.82) is 0 Å². The van der Waals surface area contributed by atoms with Crippen LogP contribution in [0.15, 0.2) is 18.2 Å². The molecule has 1 aromatic carbocycles. The van der Waals surface area contributed by atoms with E-state index in [0.717, 1.165) is 12.8 Å². The standard InChI is InChI=1S/C31H49NO10/c1-10-12-19(5)37-30(35)41-26-15-14-24(17-27(26)42-31(36)38-20(6)13-11-2)16-25(32)29(34)40-23(9)22(8)39-28(33)21(7)18(3)4/h14-15,17-23,25H,10-13,16,32H2,1-9H3/t19-,20?,21?,22?,23?,25-/m0/s1. The van der Waals surface area contributed by atoms with E-state index >= 15 is 0 Å². The van der Waals surface area contributed by atoms with E-state index in [2.05, 4.69) is 0 Å². The number of esters is 2. The van der Waals surface area contributed by atoms with Crippen LogP contribution in [-0.2, 0) is 35.0 Å². The zero-order valence-electron chi connectivity index (χ0n) is 26.5. The third kappa shape index (κ3) is 13.1. The van der Waals surface area contributed by atoms with Crippen LogP contribution in [0.3, 0.4) is 0 Å². The van der Waals surface area contributed by atoms with Gasteiger partial charge in [-0.3, -0.25) is 9.59 Å². The molecule has 2 N–H and O–H groups in total. The Morgan fingerprint density at radius 3 is 1.64 bits per heavy atom. The van der Waals surface area contributed by atoms with Crippen LogP contribution in [0.5, 0.6) is 11.5 Å². The van der Waals surface area contributed by atoms with E-state index in [4.69, 9.17) is 34.2 Å². The van der Waals surface area contributed by atoms with Crippen molar-refractivity contribution in [3.05, 3.63) is 23.8 Å². The maximum atomic E-state index is 12.7. The number of nitrogens with two attached hydrogens (primary N) is 1. The normalized spacial score (nSPS) is 15.4. The van der Waals surface area contributed by atoms with Crippen LogP contribution in [0, 0.1) is 11.8 Å². The fraction of sp³-hybridized carbons (Fsp3) is 0.677. The molecule has 0 radical (unpaired) electrons. The molecule has 0 saturated carbocycles. The molecule has 6 atom stereocenters. The number of carbonyl (C=O) groups is 4. The molecule has 42 heavy (non-hydrogen) atoms. The topological polar surface area (TPSA) is 150 Å². The summed E-state index contributed by atoms with van der Waals surface area (Å²) in [5.41, 5.74) is 6.62. The smallest absolute Gasteiger partial charge is 0.459 e. The van der Waals surface area contributed by atoms with Crippen molar-refractivity contribution in [3.8, 4) is 11.5 Å². The molecule has 0 fully saturated rings. The van der Waals surface area contributed by atoms with Crippen molar-refractivity contribution in [2.75, 3.05) is 0 Å². The van der Waals surface area contributed by atoms with Gasteiger partial charge in [0.1, 0.15) is 30.5 Å². The highest BCUT2D eigenvalue weighted by Crippen LogP contribution is 2.30. The van der Waals surface area contributed by atoms with Crippen molar-refractivity contribution in [2.45, 2.75) is 125 Å². The lowest BCUT2D eigenvalue weighted by Crippen LogP contribution is -2.40. The molecule has 0 heterocycles. The van der Waals surface area contributed by atoms with Crippen LogP contribution in [0.4, 0.5) is 9.59 Å². The molecule has 0 aliphatic heterocycles. The minimum atomic E-state index is -1.08. The predicted octanol–water partition coefficient (Wildman–Crippen LogP) is 6.12. The van der Waals surface area contributed by atoms with Gasteiger partial charge in [-0.1, -0.05) is 53.5 Å². The van der Waals surface area contributed by atoms with E-state index in [0.29, 0.717) is 18.4 Å². The first kappa shape index (κ1) is 36.7. The van der Waals surface area contributed by atoms with Gasteiger partial charge < -0.3 is 34.2 Å². The summed E-state index contributed by atoms with van der Waals surface area (Å²) in [7, 11) is 0. The summed E-state index contributed by atoms with van der Waals surface area (Å²) >= 11 is 0. The lowest BCUT2D eigenvalue weighted by molar-refractivity contribution is -0.169. The molecule has 1 rings (SSSR count). The molecule has 11 nitrogen and oxygen atoms in total. The molecule has 238 valence electrons. The second-order valence-electron chi connectivity index (χ2n) is 11.0. The monoisotopic (exact) mass is 595 g/mol. The highest BCUT2D eigenvalue weighted by atomic mass is 16.7. The van der Waals surface area contributed by atoms with Crippen LogP contribution in [0.2, 0.25) is 0 Å². The number of hydrogen-bond donors (Lipinski definition) is 1. The second-order valence-corrected chi connectivity index (χ2v) is 11.0. The van der Waals surface area contributed by atoms with Crippen LogP contribution >= 0.6 is 0 Å². The van der Waals surface area contributed by atoms with E-state index in [1.807, 2.05) is 27.7 Å². The molecule has 0 aliphatic rings. The Morgan fingerprint density at radius 1 is 0.690 bits per heavy atom.